The lowest BCUT2D eigenvalue weighted by atomic mass is 10.1. The number of hydrogen-bond acceptors (Lipinski definition) is 5. The Balaban J connectivity index is 0.000000472. The Kier molecular flexibility index (Phi) is 7.28. The van der Waals surface area contributed by atoms with Crippen LogP contribution in [-0.2, 0) is 10.1 Å². The van der Waals surface area contributed by atoms with Gasteiger partial charge in [0.05, 0.1) is 0 Å². The average Bonchev–Trinajstić information content (AvgIpc) is 2.39. The van der Waals surface area contributed by atoms with Gasteiger partial charge in [-0.15, -0.1) is 0 Å². The summed E-state index contributed by atoms with van der Waals surface area (Å²) in [5, 5.41) is 8.67. The summed E-state index contributed by atoms with van der Waals surface area (Å²) >= 11 is 0. The van der Waals surface area contributed by atoms with E-state index in [1.54, 1.807) is 0 Å². The molecule has 124 valence electrons. The van der Waals surface area contributed by atoms with E-state index >= 15 is 0 Å². The Labute approximate surface area is 126 Å². The normalized spacial score (nSPS) is 11.2. The van der Waals surface area contributed by atoms with Crippen molar-refractivity contribution < 1.29 is 26.1 Å². The fourth-order valence-corrected chi connectivity index (χ4v) is 1.54. The number of diazo groups is 1. The Morgan fingerprint density at radius 3 is 2.00 bits per heavy atom. The zero-order valence-electron chi connectivity index (χ0n) is 12.3. The highest BCUT2D eigenvalue weighted by Gasteiger charge is 2.36. The standard InChI is InChI=1S/C11H16N3.CHF3O3S/c1-4-14(5-2)10-6-7-11(13-12)9(3)8-10;2-1(3,4)8(5,6)7/h6-8H,4-5H2,1-3H3;(H,5,6,7)/q+1;/p-1. The van der Waals surface area contributed by atoms with E-state index in [2.05, 4.69) is 23.7 Å². The van der Waals surface area contributed by atoms with Crippen LogP contribution in [-0.4, -0.2) is 31.6 Å². The molecule has 0 fully saturated rings. The quantitative estimate of drug-likeness (QED) is 0.478. The van der Waals surface area contributed by atoms with Gasteiger partial charge in [-0.25, -0.2) is 8.42 Å². The van der Waals surface area contributed by atoms with Gasteiger partial charge in [0.15, 0.2) is 15.1 Å². The summed E-state index contributed by atoms with van der Waals surface area (Å²) in [6, 6.07) is 5.86. The largest absolute Gasteiger partial charge is 0.741 e. The van der Waals surface area contributed by atoms with Crippen LogP contribution in [0, 0.1) is 12.3 Å². The third kappa shape index (κ3) is 5.87. The second-order valence-corrected chi connectivity index (χ2v) is 5.51. The molecule has 0 heterocycles. The minimum absolute atomic E-state index is 0.640. The van der Waals surface area contributed by atoms with Crippen molar-refractivity contribution in [2.45, 2.75) is 26.3 Å². The molecule has 0 bridgehead atoms. The van der Waals surface area contributed by atoms with Gasteiger partial charge in [-0.3, -0.25) is 0 Å². The summed E-state index contributed by atoms with van der Waals surface area (Å²) in [6.07, 6.45) is 0. The first-order valence-electron chi connectivity index (χ1n) is 6.20. The second kappa shape index (κ2) is 7.95. The van der Waals surface area contributed by atoms with Gasteiger partial charge in [0, 0.05) is 30.4 Å². The molecule has 0 aliphatic rings. The predicted molar refractivity (Wildman–Crippen MR) is 75.2 cm³/mol. The topological polar surface area (TPSA) is 88.6 Å². The predicted octanol–water partition coefficient (Wildman–Crippen LogP) is 3.38. The first-order chi connectivity index (χ1) is 9.97. The number of benzene rings is 1. The first-order valence-corrected chi connectivity index (χ1v) is 7.61. The maximum Gasteiger partial charge on any atom is 0.485 e. The molecular formula is C12H16F3N3O3S. The molecule has 22 heavy (non-hydrogen) atoms. The van der Waals surface area contributed by atoms with Crippen molar-refractivity contribution in [3.63, 3.8) is 0 Å². The number of anilines is 1. The van der Waals surface area contributed by atoms with E-state index in [-0.39, 0.29) is 0 Å². The van der Waals surface area contributed by atoms with Gasteiger partial charge in [-0.2, -0.15) is 13.2 Å². The second-order valence-electron chi connectivity index (χ2n) is 4.14. The molecule has 0 saturated heterocycles. The molecule has 0 atom stereocenters. The van der Waals surface area contributed by atoms with Gasteiger partial charge < -0.3 is 9.45 Å². The maximum atomic E-state index is 10.7. The highest BCUT2D eigenvalue weighted by atomic mass is 32.2. The first kappa shape index (κ1) is 20.1. The van der Waals surface area contributed by atoms with E-state index in [1.807, 2.05) is 25.1 Å². The van der Waals surface area contributed by atoms with Crippen molar-refractivity contribution in [3.05, 3.63) is 28.7 Å². The minimum Gasteiger partial charge on any atom is -0.741 e. The fourth-order valence-electron chi connectivity index (χ4n) is 1.54. The molecule has 0 unspecified atom stereocenters. The lowest BCUT2D eigenvalue weighted by molar-refractivity contribution is -0.0517. The lowest BCUT2D eigenvalue weighted by Crippen LogP contribution is -2.21. The van der Waals surface area contributed by atoms with Crippen molar-refractivity contribution in [2.75, 3.05) is 18.0 Å². The molecule has 0 aliphatic heterocycles. The summed E-state index contributed by atoms with van der Waals surface area (Å²) in [5.74, 6) is 0. The molecule has 1 aromatic rings. The molecule has 10 heteroatoms. The smallest absolute Gasteiger partial charge is 0.485 e. The van der Waals surface area contributed by atoms with E-state index in [4.69, 9.17) is 18.4 Å². The van der Waals surface area contributed by atoms with Crippen molar-refractivity contribution in [1.29, 1.82) is 5.39 Å². The number of alkyl halides is 3. The molecule has 0 saturated carbocycles. The van der Waals surface area contributed by atoms with Crippen molar-refractivity contribution in [1.82, 2.24) is 0 Å². The highest BCUT2D eigenvalue weighted by Crippen LogP contribution is 2.24. The summed E-state index contributed by atoms with van der Waals surface area (Å²) in [4.78, 5) is 5.46. The van der Waals surface area contributed by atoms with Gasteiger partial charge in [0.1, 0.15) is 0 Å². The molecule has 1 rings (SSSR count). The van der Waals surface area contributed by atoms with E-state index in [0.717, 1.165) is 18.7 Å². The van der Waals surface area contributed by atoms with Crippen molar-refractivity contribution >= 4 is 21.5 Å². The molecule has 0 spiro atoms. The average molecular weight is 339 g/mol. The molecule has 0 aliphatic carbocycles. The third-order valence-electron chi connectivity index (χ3n) is 2.70. The summed E-state index contributed by atoms with van der Waals surface area (Å²) in [6.45, 7) is 8.19. The van der Waals surface area contributed by atoms with E-state index < -0.39 is 15.6 Å². The van der Waals surface area contributed by atoms with Crippen molar-refractivity contribution in [2.24, 2.45) is 0 Å². The van der Waals surface area contributed by atoms with Crippen LogP contribution in [0.3, 0.4) is 0 Å². The SMILES string of the molecule is CCN(CC)c1ccc([N+]#N)c(C)c1.O=S(=O)([O-])C(F)(F)F. The highest BCUT2D eigenvalue weighted by molar-refractivity contribution is 7.86. The van der Waals surface area contributed by atoms with Crippen LogP contribution >= 0.6 is 0 Å². The number of rotatable bonds is 3. The Morgan fingerprint density at radius 2 is 1.73 bits per heavy atom. The van der Waals surface area contributed by atoms with Gasteiger partial charge in [-0.1, -0.05) is 0 Å². The van der Waals surface area contributed by atoms with Crippen LogP contribution in [0.1, 0.15) is 19.4 Å². The zero-order valence-corrected chi connectivity index (χ0v) is 13.1. The monoisotopic (exact) mass is 339 g/mol. The third-order valence-corrected chi connectivity index (χ3v) is 3.27. The molecule has 0 aromatic heterocycles. The van der Waals surface area contributed by atoms with Crippen LogP contribution in [0.5, 0.6) is 0 Å². The summed E-state index contributed by atoms with van der Waals surface area (Å²) in [7, 11) is -6.09. The lowest BCUT2D eigenvalue weighted by Gasteiger charge is -2.20. The fraction of sp³-hybridized carbons (Fsp3) is 0.500. The minimum atomic E-state index is -6.09. The maximum absolute atomic E-state index is 10.7. The van der Waals surface area contributed by atoms with Gasteiger partial charge >= 0.3 is 11.2 Å². The van der Waals surface area contributed by atoms with Gasteiger partial charge in [0.2, 0.25) is 5.39 Å². The van der Waals surface area contributed by atoms with Gasteiger partial charge in [0.25, 0.3) is 0 Å². The Morgan fingerprint density at radius 1 is 1.27 bits per heavy atom. The Hall–Kier alpha value is -1.86. The summed E-state index contributed by atoms with van der Waals surface area (Å²) < 4.78 is 58.9. The molecule has 6 nitrogen and oxygen atoms in total. The molecule has 1 aromatic carbocycles. The molecule has 0 radical (unpaired) electrons. The number of hydrogen-bond donors (Lipinski definition) is 0. The zero-order chi connectivity index (χ0) is 17.6. The van der Waals surface area contributed by atoms with Crippen LogP contribution in [0.15, 0.2) is 18.2 Å². The van der Waals surface area contributed by atoms with Gasteiger partial charge in [-0.05, 0) is 32.9 Å². The van der Waals surface area contributed by atoms with Crippen LogP contribution in [0.2, 0.25) is 0 Å². The van der Waals surface area contributed by atoms with E-state index in [0.29, 0.717) is 5.69 Å². The molecule has 0 amide bonds. The van der Waals surface area contributed by atoms with Crippen molar-refractivity contribution in [3.8, 4) is 0 Å². The molecule has 0 N–H and O–H groups in total. The van der Waals surface area contributed by atoms with Crippen LogP contribution in [0.4, 0.5) is 24.5 Å². The van der Waals surface area contributed by atoms with Crippen LogP contribution < -0.4 is 4.90 Å². The Bertz CT molecular complexity index is 635. The molecular weight excluding hydrogens is 323 g/mol. The number of aryl methyl sites for hydroxylation is 1. The van der Waals surface area contributed by atoms with Crippen LogP contribution in [0.25, 0.3) is 4.98 Å². The van der Waals surface area contributed by atoms with E-state index in [9.17, 15) is 13.2 Å². The summed E-state index contributed by atoms with van der Waals surface area (Å²) in [5.41, 5.74) is -2.83. The number of halogens is 3. The number of nitrogens with zero attached hydrogens (tertiary/aromatic N) is 3. The van der Waals surface area contributed by atoms with E-state index in [1.165, 1.54) is 5.69 Å².